The van der Waals surface area contributed by atoms with Crippen LogP contribution in [0.2, 0.25) is 0 Å². The zero-order valence-electron chi connectivity index (χ0n) is 23.9. The highest BCUT2D eigenvalue weighted by molar-refractivity contribution is 5.99. The van der Waals surface area contributed by atoms with E-state index in [1.165, 1.54) is 6.92 Å². The molecule has 0 aliphatic rings. The molecule has 0 aromatic heterocycles. The number of carbonyl (C=O) groups is 3. The Hall–Kier alpha value is -5.25. The predicted molar refractivity (Wildman–Crippen MR) is 161 cm³/mol. The van der Waals surface area contributed by atoms with E-state index in [1.807, 2.05) is 35.2 Å². The van der Waals surface area contributed by atoms with Gasteiger partial charge >= 0.3 is 11.9 Å². The number of carbonyl (C=O) groups excluding carboxylic acids is 3. The van der Waals surface area contributed by atoms with Crippen molar-refractivity contribution in [3.8, 4) is 0 Å². The van der Waals surface area contributed by atoms with Gasteiger partial charge in [0, 0.05) is 22.4 Å². The van der Waals surface area contributed by atoms with Crippen molar-refractivity contribution in [1.82, 2.24) is 0 Å². The molecule has 0 saturated heterocycles. The summed E-state index contributed by atoms with van der Waals surface area (Å²) in [7, 11) is 0. The average Bonchev–Trinajstić information content (AvgIpc) is 2.98. The molecule has 0 radical (unpaired) electrons. The summed E-state index contributed by atoms with van der Waals surface area (Å²) in [4.78, 5) is 38.0. The number of nitrogens with zero attached hydrogens (tertiary/aromatic N) is 5. The summed E-state index contributed by atoms with van der Waals surface area (Å²) in [5.74, 6) is -1.21. The third-order valence-corrected chi connectivity index (χ3v) is 5.77. The van der Waals surface area contributed by atoms with Gasteiger partial charge in [0.2, 0.25) is 0 Å². The summed E-state index contributed by atoms with van der Waals surface area (Å²) in [5, 5.41) is 17.0. The first kappa shape index (κ1) is 31.3. The maximum absolute atomic E-state index is 12.5. The molecule has 0 atom stereocenters. The monoisotopic (exact) mass is 567 g/mol. The Kier molecular flexibility index (Phi) is 11.6. The number of azo groups is 2. The van der Waals surface area contributed by atoms with Crippen LogP contribution in [0.1, 0.15) is 31.1 Å². The van der Waals surface area contributed by atoms with Gasteiger partial charge in [-0.1, -0.05) is 31.4 Å². The second kappa shape index (κ2) is 15.5. The molecule has 0 fully saturated rings. The van der Waals surface area contributed by atoms with Crippen LogP contribution >= 0.6 is 0 Å². The van der Waals surface area contributed by atoms with Gasteiger partial charge in [-0.15, -0.1) is 5.11 Å². The molecular formula is C32H33N5O5. The third kappa shape index (κ3) is 9.74. The molecule has 3 rings (SSSR count). The smallest absolute Gasteiger partial charge is 0.333 e. The molecule has 0 heterocycles. The van der Waals surface area contributed by atoms with Crippen molar-refractivity contribution in [3.63, 3.8) is 0 Å². The summed E-state index contributed by atoms with van der Waals surface area (Å²) in [6.45, 7) is 12.4. The second-order valence-corrected chi connectivity index (χ2v) is 9.33. The second-order valence-electron chi connectivity index (χ2n) is 9.33. The van der Waals surface area contributed by atoms with Crippen LogP contribution < -0.4 is 4.90 Å². The number of hydrogen-bond acceptors (Lipinski definition) is 10. The highest BCUT2D eigenvalue weighted by Crippen LogP contribution is 2.29. The van der Waals surface area contributed by atoms with Gasteiger partial charge in [0.05, 0.1) is 35.8 Å². The minimum Gasteiger partial charge on any atom is -0.460 e. The van der Waals surface area contributed by atoms with Crippen LogP contribution in [0.3, 0.4) is 0 Å². The van der Waals surface area contributed by atoms with Gasteiger partial charge in [-0.25, -0.2) is 9.59 Å². The normalized spacial score (nSPS) is 10.9. The number of esters is 2. The number of hydrogen-bond donors (Lipinski definition) is 0. The molecule has 10 heteroatoms. The molecule has 0 bridgehead atoms. The van der Waals surface area contributed by atoms with E-state index >= 15 is 0 Å². The van der Waals surface area contributed by atoms with E-state index in [9.17, 15) is 14.4 Å². The van der Waals surface area contributed by atoms with E-state index in [4.69, 9.17) is 9.47 Å². The lowest BCUT2D eigenvalue weighted by atomic mass is 10.1. The van der Waals surface area contributed by atoms with Crippen molar-refractivity contribution in [1.29, 1.82) is 0 Å². The summed E-state index contributed by atoms with van der Waals surface area (Å²) in [6, 6.07) is 21.6. The number of rotatable bonds is 14. The van der Waals surface area contributed by atoms with Crippen LogP contribution in [0.4, 0.5) is 28.4 Å². The van der Waals surface area contributed by atoms with Crippen LogP contribution in [-0.4, -0.2) is 44.0 Å². The van der Waals surface area contributed by atoms with Gasteiger partial charge in [-0.2, -0.15) is 15.3 Å². The summed E-state index contributed by atoms with van der Waals surface area (Å²) in [5.41, 5.74) is 3.97. The Labute approximate surface area is 245 Å². The lowest BCUT2D eigenvalue weighted by Crippen LogP contribution is -2.32. The maximum Gasteiger partial charge on any atom is 0.333 e. The van der Waals surface area contributed by atoms with Crippen molar-refractivity contribution in [2.45, 2.75) is 20.8 Å². The van der Waals surface area contributed by atoms with E-state index < -0.39 is 11.9 Å². The number of ether oxygens (including phenoxy) is 2. The molecular weight excluding hydrogens is 534 g/mol. The number of ketones is 1. The molecule has 0 spiro atoms. The molecule has 0 N–H and O–H groups in total. The minimum atomic E-state index is -0.504. The van der Waals surface area contributed by atoms with Crippen LogP contribution in [0.5, 0.6) is 0 Å². The molecule has 3 aromatic carbocycles. The van der Waals surface area contributed by atoms with E-state index in [0.29, 0.717) is 28.3 Å². The van der Waals surface area contributed by atoms with Crippen molar-refractivity contribution in [3.05, 3.63) is 103 Å². The van der Waals surface area contributed by atoms with Crippen LogP contribution in [-0.2, 0) is 19.1 Å². The van der Waals surface area contributed by atoms with E-state index in [2.05, 4.69) is 33.6 Å². The van der Waals surface area contributed by atoms with Crippen molar-refractivity contribution in [2.24, 2.45) is 20.5 Å². The molecule has 0 unspecified atom stereocenters. The first-order valence-electron chi connectivity index (χ1n) is 13.2. The lowest BCUT2D eigenvalue weighted by Gasteiger charge is -2.25. The van der Waals surface area contributed by atoms with Gasteiger partial charge in [0.15, 0.2) is 5.78 Å². The Morgan fingerprint density at radius 2 is 1.14 bits per heavy atom. The molecule has 0 amide bonds. The largest absolute Gasteiger partial charge is 0.460 e. The molecule has 0 aliphatic heterocycles. The van der Waals surface area contributed by atoms with E-state index in [-0.39, 0.29) is 43.2 Å². The first-order valence-corrected chi connectivity index (χ1v) is 13.2. The fourth-order valence-electron chi connectivity index (χ4n) is 3.51. The molecule has 42 heavy (non-hydrogen) atoms. The van der Waals surface area contributed by atoms with Gasteiger partial charge in [0.25, 0.3) is 0 Å². The number of benzene rings is 3. The number of anilines is 1. The third-order valence-electron chi connectivity index (χ3n) is 5.77. The predicted octanol–water partition coefficient (Wildman–Crippen LogP) is 7.77. The summed E-state index contributed by atoms with van der Waals surface area (Å²) >= 11 is 0. The Bertz CT molecular complexity index is 1470. The molecule has 0 aliphatic carbocycles. The standard InChI is InChI=1S/C32H33N5O5/c1-22(2)31(39)41-19-17-37(18-20-42-32(40)23(3)4)28-15-16-30(29(21-28)24(5)38)36-35-27-13-11-26(12-14-27)34-33-25-9-7-6-8-10-25/h6-16,21H,1,3,17-20H2,2,4-5H3/b34-33+,36-35+. The Morgan fingerprint density at radius 1 is 0.667 bits per heavy atom. The van der Waals surface area contributed by atoms with E-state index in [1.54, 1.807) is 56.3 Å². The van der Waals surface area contributed by atoms with Gasteiger partial charge in [-0.05, 0) is 75.4 Å². The molecule has 216 valence electrons. The van der Waals surface area contributed by atoms with Crippen molar-refractivity contribution in [2.75, 3.05) is 31.2 Å². The quantitative estimate of drug-likeness (QED) is 0.0849. The van der Waals surface area contributed by atoms with E-state index in [0.717, 1.165) is 5.69 Å². The summed E-state index contributed by atoms with van der Waals surface area (Å²) in [6.07, 6.45) is 0. The average molecular weight is 568 g/mol. The van der Waals surface area contributed by atoms with Gasteiger partial charge < -0.3 is 14.4 Å². The zero-order valence-corrected chi connectivity index (χ0v) is 23.9. The van der Waals surface area contributed by atoms with Crippen LogP contribution in [0, 0.1) is 0 Å². The highest BCUT2D eigenvalue weighted by atomic mass is 16.5. The minimum absolute atomic E-state index is 0.0674. The summed E-state index contributed by atoms with van der Waals surface area (Å²) < 4.78 is 10.5. The fourth-order valence-corrected chi connectivity index (χ4v) is 3.51. The first-order chi connectivity index (χ1) is 20.1. The molecule has 10 nitrogen and oxygen atoms in total. The topological polar surface area (TPSA) is 122 Å². The van der Waals surface area contributed by atoms with Gasteiger partial charge in [0.1, 0.15) is 13.2 Å². The molecule has 3 aromatic rings. The lowest BCUT2D eigenvalue weighted by molar-refractivity contribution is -0.139. The Morgan fingerprint density at radius 3 is 1.62 bits per heavy atom. The Balaban J connectivity index is 1.76. The van der Waals surface area contributed by atoms with Crippen LogP contribution in [0.25, 0.3) is 0 Å². The maximum atomic E-state index is 12.5. The van der Waals surface area contributed by atoms with Crippen molar-refractivity contribution < 1.29 is 23.9 Å². The zero-order chi connectivity index (χ0) is 30.5. The SMILES string of the molecule is C=C(C)C(=O)OCCN(CCOC(=O)C(=C)C)c1ccc(/N=N/c2ccc(/N=N/c3ccccc3)cc2)c(C(C)=O)c1. The van der Waals surface area contributed by atoms with Gasteiger partial charge in [-0.3, -0.25) is 4.79 Å². The number of Topliss-reactive ketones (excluding diaryl/α,β-unsaturated/α-hetero) is 1. The van der Waals surface area contributed by atoms with Crippen LogP contribution in [0.15, 0.2) is 118 Å². The highest BCUT2D eigenvalue weighted by Gasteiger charge is 2.15. The molecule has 0 saturated carbocycles. The fraction of sp³-hybridized carbons (Fsp3) is 0.219. The van der Waals surface area contributed by atoms with Crippen molar-refractivity contribution >= 4 is 46.2 Å².